The second kappa shape index (κ2) is 8.84. The van der Waals surface area contributed by atoms with E-state index in [1.54, 1.807) is 54.6 Å². The molecule has 3 aromatic rings. The van der Waals surface area contributed by atoms with Crippen molar-refractivity contribution in [3.63, 3.8) is 0 Å². The van der Waals surface area contributed by atoms with Crippen LogP contribution >= 0.6 is 27.5 Å². The van der Waals surface area contributed by atoms with E-state index in [0.29, 0.717) is 16.5 Å². The summed E-state index contributed by atoms with van der Waals surface area (Å²) in [5.74, 6) is -1.41. The van der Waals surface area contributed by atoms with Gasteiger partial charge in [-0.2, -0.15) is 0 Å². The zero-order valence-electron chi connectivity index (χ0n) is 14.1. The Kier molecular flexibility index (Phi) is 6.27. The second-order valence-electron chi connectivity index (χ2n) is 5.66. The van der Waals surface area contributed by atoms with Crippen molar-refractivity contribution in [1.29, 1.82) is 0 Å². The van der Waals surface area contributed by atoms with Gasteiger partial charge >= 0.3 is 11.9 Å². The minimum atomic E-state index is -0.955. The van der Waals surface area contributed by atoms with Gasteiger partial charge in [0.2, 0.25) is 0 Å². The van der Waals surface area contributed by atoms with Gasteiger partial charge in [-0.1, -0.05) is 63.9 Å². The molecular weight excluding hydrogens is 430 g/mol. The minimum Gasteiger partial charge on any atom is -0.419 e. The van der Waals surface area contributed by atoms with Crippen molar-refractivity contribution in [2.75, 3.05) is 4.90 Å². The van der Waals surface area contributed by atoms with Gasteiger partial charge in [0.25, 0.3) is 0 Å². The summed E-state index contributed by atoms with van der Waals surface area (Å²) in [5, 5.41) is 0.541. The number of para-hydroxylation sites is 1. The number of nitrogens with zero attached hydrogens (tertiary/aromatic N) is 1. The van der Waals surface area contributed by atoms with Crippen molar-refractivity contribution >= 4 is 45.1 Å². The fourth-order valence-corrected chi connectivity index (χ4v) is 2.98. The fraction of sp³-hybridized carbons (Fsp3) is 0.0476. The maximum atomic E-state index is 12.9. The summed E-state index contributed by atoms with van der Waals surface area (Å²) in [5.41, 5.74) is 1.40. The normalized spacial score (nSPS) is 10.3. The number of anilines is 1. The molecule has 136 valence electrons. The van der Waals surface area contributed by atoms with Crippen LogP contribution in [-0.2, 0) is 16.1 Å². The van der Waals surface area contributed by atoms with E-state index in [4.69, 9.17) is 16.3 Å². The first-order valence-electron chi connectivity index (χ1n) is 8.12. The Hall–Kier alpha value is -2.63. The molecule has 0 aliphatic carbocycles. The third kappa shape index (κ3) is 4.96. The molecular formula is C21H15BrClNO3. The molecule has 0 radical (unpaired) electrons. The van der Waals surface area contributed by atoms with Crippen LogP contribution in [0.15, 0.2) is 83.3 Å². The lowest BCUT2D eigenvalue weighted by Crippen LogP contribution is -2.38. The van der Waals surface area contributed by atoms with Crippen LogP contribution in [0.3, 0.4) is 0 Å². The van der Waals surface area contributed by atoms with Crippen molar-refractivity contribution in [3.05, 3.63) is 93.9 Å². The molecule has 0 unspecified atom stereocenters. The lowest BCUT2D eigenvalue weighted by Gasteiger charge is -2.22. The molecule has 0 bridgehead atoms. The molecule has 0 saturated carbocycles. The molecule has 0 saturated heterocycles. The van der Waals surface area contributed by atoms with Crippen molar-refractivity contribution in [2.24, 2.45) is 0 Å². The number of amides is 1. The molecule has 0 spiro atoms. The number of ether oxygens (including phenoxy) is 1. The molecule has 0 N–H and O–H groups in total. The number of benzene rings is 3. The predicted molar refractivity (Wildman–Crippen MR) is 109 cm³/mol. The first kappa shape index (κ1) is 19.1. The molecule has 0 aliphatic rings. The summed E-state index contributed by atoms with van der Waals surface area (Å²) in [7, 11) is 0. The van der Waals surface area contributed by atoms with Crippen molar-refractivity contribution in [3.8, 4) is 5.75 Å². The summed E-state index contributed by atoms with van der Waals surface area (Å²) in [4.78, 5) is 26.6. The summed E-state index contributed by atoms with van der Waals surface area (Å²) >= 11 is 9.42. The summed E-state index contributed by atoms with van der Waals surface area (Å²) in [6.07, 6.45) is 0. The van der Waals surface area contributed by atoms with E-state index < -0.39 is 11.9 Å². The van der Waals surface area contributed by atoms with E-state index in [1.807, 2.05) is 24.3 Å². The van der Waals surface area contributed by atoms with Crippen LogP contribution in [0.4, 0.5) is 5.69 Å². The molecule has 4 nitrogen and oxygen atoms in total. The van der Waals surface area contributed by atoms with Gasteiger partial charge in [0.05, 0.1) is 6.54 Å². The highest BCUT2D eigenvalue weighted by Gasteiger charge is 2.26. The van der Waals surface area contributed by atoms with E-state index in [2.05, 4.69) is 15.9 Å². The predicted octanol–water partition coefficient (Wildman–Crippen LogP) is 5.24. The minimum absolute atomic E-state index is 0.200. The Morgan fingerprint density at radius 3 is 2.19 bits per heavy atom. The number of halogens is 2. The van der Waals surface area contributed by atoms with Gasteiger partial charge in [-0.05, 0) is 48.0 Å². The first-order chi connectivity index (χ1) is 13.0. The number of carbonyl (C=O) groups is 2. The highest BCUT2D eigenvalue weighted by Crippen LogP contribution is 2.24. The number of hydrogen-bond acceptors (Lipinski definition) is 3. The van der Waals surface area contributed by atoms with Crippen LogP contribution in [0.1, 0.15) is 5.56 Å². The topological polar surface area (TPSA) is 46.6 Å². The van der Waals surface area contributed by atoms with Crippen LogP contribution in [0, 0.1) is 0 Å². The van der Waals surface area contributed by atoms with Gasteiger partial charge in [-0.3, -0.25) is 9.69 Å². The Balaban J connectivity index is 1.88. The summed E-state index contributed by atoms with van der Waals surface area (Å²) < 4.78 is 6.04. The van der Waals surface area contributed by atoms with Gasteiger partial charge in [-0.15, -0.1) is 0 Å². The number of esters is 1. The van der Waals surface area contributed by atoms with Gasteiger partial charge in [0.15, 0.2) is 0 Å². The van der Waals surface area contributed by atoms with Gasteiger partial charge < -0.3 is 4.74 Å². The SMILES string of the molecule is O=C(Oc1ccccc1)C(=O)N(Cc1ccccc1Br)c1ccc(Cl)cc1. The third-order valence-corrected chi connectivity index (χ3v) is 4.82. The van der Waals surface area contributed by atoms with E-state index in [0.717, 1.165) is 10.0 Å². The molecule has 3 aromatic carbocycles. The second-order valence-corrected chi connectivity index (χ2v) is 6.95. The zero-order valence-corrected chi connectivity index (χ0v) is 16.5. The molecule has 0 atom stereocenters. The average Bonchev–Trinajstić information content (AvgIpc) is 2.68. The molecule has 1 amide bonds. The highest BCUT2D eigenvalue weighted by atomic mass is 79.9. The molecule has 0 fully saturated rings. The van der Waals surface area contributed by atoms with Crippen LogP contribution in [0.25, 0.3) is 0 Å². The molecule has 0 aliphatic heterocycles. The van der Waals surface area contributed by atoms with E-state index in [-0.39, 0.29) is 6.54 Å². The summed E-state index contributed by atoms with van der Waals surface area (Å²) in [6.45, 7) is 0.200. The largest absolute Gasteiger partial charge is 0.419 e. The van der Waals surface area contributed by atoms with Gasteiger partial charge in [0, 0.05) is 15.2 Å². The smallest absolute Gasteiger partial charge is 0.402 e. The molecule has 0 aromatic heterocycles. The summed E-state index contributed by atoms with van der Waals surface area (Å²) in [6, 6.07) is 22.7. The Morgan fingerprint density at radius 2 is 1.52 bits per heavy atom. The maximum absolute atomic E-state index is 12.9. The van der Waals surface area contributed by atoms with Crippen molar-refractivity contribution in [2.45, 2.75) is 6.54 Å². The third-order valence-electron chi connectivity index (χ3n) is 3.80. The quantitative estimate of drug-likeness (QED) is 0.314. The van der Waals surface area contributed by atoms with Gasteiger partial charge in [0.1, 0.15) is 5.75 Å². The van der Waals surface area contributed by atoms with Crippen molar-refractivity contribution in [1.82, 2.24) is 0 Å². The van der Waals surface area contributed by atoms with Crippen LogP contribution in [-0.4, -0.2) is 11.9 Å². The Labute approximate surface area is 170 Å². The lowest BCUT2D eigenvalue weighted by atomic mass is 10.2. The monoisotopic (exact) mass is 443 g/mol. The average molecular weight is 445 g/mol. The van der Waals surface area contributed by atoms with Gasteiger partial charge in [-0.25, -0.2) is 4.79 Å². The van der Waals surface area contributed by atoms with E-state index >= 15 is 0 Å². The molecule has 27 heavy (non-hydrogen) atoms. The fourth-order valence-electron chi connectivity index (χ4n) is 2.45. The lowest BCUT2D eigenvalue weighted by molar-refractivity contribution is -0.146. The molecule has 3 rings (SSSR count). The zero-order chi connectivity index (χ0) is 19.2. The van der Waals surface area contributed by atoms with Crippen LogP contribution in [0.5, 0.6) is 5.75 Å². The standard InChI is InChI=1S/C21H15BrClNO3/c22-19-9-5-4-6-15(19)14-24(17-12-10-16(23)11-13-17)20(25)21(26)27-18-7-2-1-3-8-18/h1-13H,14H2. The Morgan fingerprint density at radius 1 is 0.889 bits per heavy atom. The molecule has 0 heterocycles. The maximum Gasteiger partial charge on any atom is 0.402 e. The van der Waals surface area contributed by atoms with Crippen LogP contribution in [0.2, 0.25) is 5.02 Å². The Bertz CT molecular complexity index is 945. The van der Waals surface area contributed by atoms with E-state index in [1.165, 1.54) is 4.90 Å². The number of rotatable bonds is 4. The molecule has 6 heteroatoms. The highest BCUT2D eigenvalue weighted by molar-refractivity contribution is 9.10. The number of hydrogen-bond donors (Lipinski definition) is 0. The van der Waals surface area contributed by atoms with Crippen LogP contribution < -0.4 is 9.64 Å². The first-order valence-corrected chi connectivity index (χ1v) is 9.29. The van der Waals surface area contributed by atoms with Crippen molar-refractivity contribution < 1.29 is 14.3 Å². The van der Waals surface area contributed by atoms with E-state index in [9.17, 15) is 9.59 Å². The number of carbonyl (C=O) groups excluding carboxylic acids is 2.